The predicted octanol–water partition coefficient (Wildman–Crippen LogP) is 0.664. The van der Waals surface area contributed by atoms with E-state index >= 15 is 0 Å². The van der Waals surface area contributed by atoms with Crippen LogP contribution in [0.1, 0.15) is 12.5 Å². The van der Waals surface area contributed by atoms with Crippen LogP contribution in [-0.4, -0.2) is 14.6 Å². The zero-order valence-corrected chi connectivity index (χ0v) is 15.9. The second-order valence-electron chi connectivity index (χ2n) is 4.17. The number of imidazole rings is 1. The fraction of sp³-hybridized carbons (Fsp3) is 0.143. The number of aromatic nitrogens is 3. The zero-order chi connectivity index (χ0) is 13.4. The van der Waals surface area contributed by atoms with E-state index in [1.165, 1.54) is 6.07 Å². The van der Waals surface area contributed by atoms with Gasteiger partial charge in [0.2, 0.25) is 0 Å². The Morgan fingerprint density at radius 1 is 1.40 bits per heavy atom. The van der Waals surface area contributed by atoms with Gasteiger partial charge in [-0.25, -0.2) is 15.4 Å². The number of hydrogen-bond donors (Lipinski definition) is 0. The smallest absolute Gasteiger partial charge is 0.284 e. The van der Waals surface area contributed by atoms with E-state index in [9.17, 15) is 4.39 Å². The first-order valence-electron chi connectivity index (χ1n) is 5.90. The summed E-state index contributed by atoms with van der Waals surface area (Å²) in [4.78, 5) is 4.47. The van der Waals surface area contributed by atoms with Gasteiger partial charge in [0.05, 0.1) is 17.5 Å². The van der Waals surface area contributed by atoms with Crippen LogP contribution < -0.4 is 51.4 Å². The Hall–Kier alpha value is -0.114. The Kier molecular flexibility index (Phi) is 5.50. The summed E-state index contributed by atoms with van der Waals surface area (Å²) in [6, 6.07) is 6.74. The van der Waals surface area contributed by atoms with E-state index in [4.69, 9.17) is 0 Å². The molecular formula is C14H10BrFKN3. The van der Waals surface area contributed by atoms with Crippen LogP contribution in [0.5, 0.6) is 0 Å². The summed E-state index contributed by atoms with van der Waals surface area (Å²) in [5.74, 6) is -0.306. The van der Waals surface area contributed by atoms with Crippen LogP contribution in [0.3, 0.4) is 0 Å². The second-order valence-corrected chi connectivity index (χ2v) is 5.09. The van der Waals surface area contributed by atoms with Crippen molar-refractivity contribution in [3.63, 3.8) is 0 Å². The van der Waals surface area contributed by atoms with Crippen LogP contribution in [-0.2, 0) is 6.42 Å². The van der Waals surface area contributed by atoms with Gasteiger partial charge in [-0.15, -0.1) is 6.20 Å². The Morgan fingerprint density at radius 3 is 2.90 bits per heavy atom. The first-order valence-corrected chi connectivity index (χ1v) is 6.69. The Balaban J connectivity index is 0.00000147. The van der Waals surface area contributed by atoms with Gasteiger partial charge in [-0.1, -0.05) is 29.3 Å². The van der Waals surface area contributed by atoms with Crippen LogP contribution in [0.4, 0.5) is 4.39 Å². The molecule has 0 N–H and O–H groups in total. The number of fused-ring (bicyclic) bond motifs is 1. The Morgan fingerprint density at radius 2 is 2.20 bits per heavy atom. The molecule has 96 valence electrons. The van der Waals surface area contributed by atoms with Crippen LogP contribution in [0, 0.1) is 12.0 Å². The molecule has 0 spiro atoms. The summed E-state index contributed by atoms with van der Waals surface area (Å²) in [5, 5.41) is 4.08. The molecule has 0 radical (unpaired) electrons. The maximum Gasteiger partial charge on any atom is 1.00 e. The van der Waals surface area contributed by atoms with Gasteiger partial charge in [-0.05, 0) is 18.2 Å². The molecule has 3 rings (SSSR count). The van der Waals surface area contributed by atoms with Crippen molar-refractivity contribution in [1.29, 1.82) is 0 Å². The first kappa shape index (κ1) is 16.3. The molecule has 20 heavy (non-hydrogen) atoms. The van der Waals surface area contributed by atoms with Crippen molar-refractivity contribution in [2.75, 3.05) is 0 Å². The zero-order valence-electron chi connectivity index (χ0n) is 11.2. The molecule has 0 aliphatic rings. The van der Waals surface area contributed by atoms with Crippen LogP contribution in [0.2, 0.25) is 0 Å². The molecule has 0 saturated carbocycles. The SMILES string of the molecule is CCc1c[c-]nn2cc(-c3ccc(Br)cc3F)nc12.[K+]. The monoisotopic (exact) mass is 357 g/mol. The van der Waals surface area contributed by atoms with Crippen LogP contribution in [0.15, 0.2) is 34.9 Å². The summed E-state index contributed by atoms with van der Waals surface area (Å²) in [5.41, 5.74) is 2.83. The fourth-order valence-electron chi connectivity index (χ4n) is 1.99. The molecular weight excluding hydrogens is 348 g/mol. The van der Waals surface area contributed by atoms with Gasteiger partial charge < -0.3 is 0 Å². The summed E-state index contributed by atoms with van der Waals surface area (Å²) in [6.45, 7) is 2.04. The van der Waals surface area contributed by atoms with E-state index in [2.05, 4.69) is 32.2 Å². The molecule has 0 bridgehead atoms. The third kappa shape index (κ3) is 3.05. The molecule has 3 aromatic rings. The van der Waals surface area contributed by atoms with Crippen molar-refractivity contribution in [2.45, 2.75) is 13.3 Å². The van der Waals surface area contributed by atoms with Crippen molar-refractivity contribution in [3.05, 3.63) is 52.5 Å². The van der Waals surface area contributed by atoms with Crippen molar-refractivity contribution >= 4 is 21.6 Å². The molecule has 0 saturated heterocycles. The minimum absolute atomic E-state index is 0. The Labute approximate surface area is 167 Å². The van der Waals surface area contributed by atoms with Crippen molar-refractivity contribution in [1.82, 2.24) is 14.6 Å². The summed E-state index contributed by atoms with van der Waals surface area (Å²) in [7, 11) is 0. The average molecular weight is 358 g/mol. The second kappa shape index (κ2) is 6.76. The van der Waals surface area contributed by atoms with Gasteiger partial charge in [0, 0.05) is 10.0 Å². The van der Waals surface area contributed by atoms with Gasteiger partial charge in [0.25, 0.3) is 0 Å². The molecule has 0 aliphatic carbocycles. The molecule has 0 aliphatic heterocycles. The van der Waals surface area contributed by atoms with E-state index in [0.29, 0.717) is 15.7 Å². The maximum absolute atomic E-state index is 13.9. The normalized spacial score (nSPS) is 10.6. The van der Waals surface area contributed by atoms with E-state index in [-0.39, 0.29) is 57.2 Å². The summed E-state index contributed by atoms with van der Waals surface area (Å²) >= 11 is 3.24. The molecule has 0 atom stereocenters. The number of rotatable bonds is 2. The molecule has 0 fully saturated rings. The van der Waals surface area contributed by atoms with E-state index in [1.807, 2.05) is 13.0 Å². The number of hydrogen-bond acceptors (Lipinski definition) is 2. The van der Waals surface area contributed by atoms with Gasteiger partial charge in [-0.2, -0.15) is 5.56 Å². The predicted molar refractivity (Wildman–Crippen MR) is 74.3 cm³/mol. The van der Waals surface area contributed by atoms with E-state index in [0.717, 1.165) is 17.6 Å². The quantitative estimate of drug-likeness (QED) is 0.498. The standard InChI is InChI=1S/C14H10BrFN3.K/c1-2-9-5-6-17-19-8-13(18-14(9)19)11-4-3-10(15)7-12(11)16;/h3-5,7-8H,2H2,1H3;/q-1;+1. The maximum atomic E-state index is 13.9. The molecule has 1 aromatic carbocycles. The summed E-state index contributed by atoms with van der Waals surface area (Å²) in [6.07, 6.45) is 5.37. The van der Waals surface area contributed by atoms with Gasteiger partial charge in [0.1, 0.15) is 5.82 Å². The fourth-order valence-corrected chi connectivity index (χ4v) is 2.32. The van der Waals surface area contributed by atoms with Crippen molar-refractivity contribution in [2.24, 2.45) is 0 Å². The Bertz CT molecular complexity index is 757. The van der Waals surface area contributed by atoms with E-state index in [1.54, 1.807) is 22.8 Å². The molecule has 6 heteroatoms. The topological polar surface area (TPSA) is 30.2 Å². The molecule has 3 nitrogen and oxygen atoms in total. The van der Waals surface area contributed by atoms with E-state index < -0.39 is 0 Å². The number of benzene rings is 1. The van der Waals surface area contributed by atoms with Gasteiger partial charge >= 0.3 is 51.4 Å². The molecule has 0 amide bonds. The minimum atomic E-state index is -0.306. The third-order valence-corrected chi connectivity index (χ3v) is 3.46. The number of nitrogens with zero attached hydrogens (tertiary/aromatic N) is 3. The molecule has 0 unspecified atom stereocenters. The molecule has 2 aromatic heterocycles. The van der Waals surface area contributed by atoms with Crippen LogP contribution in [0.25, 0.3) is 16.9 Å². The average Bonchev–Trinajstić information content (AvgIpc) is 2.81. The van der Waals surface area contributed by atoms with Crippen molar-refractivity contribution in [3.8, 4) is 11.3 Å². The minimum Gasteiger partial charge on any atom is -0.284 e. The largest absolute Gasteiger partial charge is 1.00 e. The van der Waals surface area contributed by atoms with Gasteiger partial charge in [0.15, 0.2) is 0 Å². The molecule has 2 heterocycles. The first-order chi connectivity index (χ1) is 9.19. The van der Waals surface area contributed by atoms with Crippen molar-refractivity contribution < 1.29 is 55.8 Å². The number of halogens is 2. The van der Waals surface area contributed by atoms with Gasteiger partial charge in [-0.3, -0.25) is 9.61 Å². The van der Waals surface area contributed by atoms with Crippen LogP contribution >= 0.6 is 15.9 Å². The third-order valence-electron chi connectivity index (χ3n) is 2.97. The number of aryl methyl sites for hydroxylation is 1. The summed E-state index contributed by atoms with van der Waals surface area (Å²) < 4.78 is 16.3.